The number of furan rings is 2. The molecule has 2 fully saturated rings. The number of benzene rings is 4. The summed E-state index contributed by atoms with van der Waals surface area (Å²) in [6.07, 6.45) is 0.206. The number of carboxylic acids is 2. The molecule has 4 unspecified atom stereocenters. The molecule has 2 aliphatic rings. The van der Waals surface area contributed by atoms with Crippen molar-refractivity contribution in [3.8, 4) is 34.1 Å². The predicted molar refractivity (Wildman–Crippen MR) is 253 cm³/mol. The fourth-order valence-corrected chi connectivity index (χ4v) is 8.78. The minimum absolute atomic E-state index is 0.182. The van der Waals surface area contributed by atoms with Gasteiger partial charge in [-0.15, -0.1) is 0 Å². The van der Waals surface area contributed by atoms with Crippen molar-refractivity contribution < 1.29 is 68.1 Å². The average molecular weight is 937 g/mol. The molecule has 4 heterocycles. The lowest BCUT2D eigenvalue weighted by atomic mass is 9.97. The lowest BCUT2D eigenvalue weighted by Gasteiger charge is -2.31. The van der Waals surface area contributed by atoms with Crippen LogP contribution in [-0.2, 0) is 32.2 Å². The van der Waals surface area contributed by atoms with Crippen molar-refractivity contribution >= 4 is 45.8 Å². The average Bonchev–Trinajstić information content (AvgIpc) is 3.92. The lowest BCUT2D eigenvalue weighted by molar-refractivity contribution is -0.165. The van der Waals surface area contributed by atoms with Crippen LogP contribution in [0.1, 0.15) is 85.2 Å². The van der Waals surface area contributed by atoms with E-state index in [-0.39, 0.29) is 24.7 Å². The van der Waals surface area contributed by atoms with Crippen molar-refractivity contribution in [2.75, 3.05) is 39.4 Å². The molecular formula is C52H60N2O14. The van der Waals surface area contributed by atoms with Crippen LogP contribution in [-0.4, -0.2) is 116 Å². The number of phenolic OH excluding ortho intramolecular Hbond substituents is 2. The number of carbonyl (C=O) groups is 4. The second kappa shape index (κ2) is 23.3. The molecule has 0 aliphatic carbocycles. The third-order valence-electron chi connectivity index (χ3n) is 12.0. The summed E-state index contributed by atoms with van der Waals surface area (Å²) >= 11 is 0. The highest BCUT2D eigenvalue weighted by atomic mass is 16.5. The predicted octanol–water partition coefficient (Wildman–Crippen LogP) is 8.31. The second-order valence-electron chi connectivity index (χ2n) is 17.2. The van der Waals surface area contributed by atoms with E-state index in [0.29, 0.717) is 69.5 Å². The highest BCUT2D eigenvalue weighted by Gasteiger charge is 2.31. The quantitative estimate of drug-likeness (QED) is 0.0597. The molecule has 6 N–H and O–H groups in total. The van der Waals surface area contributed by atoms with Crippen molar-refractivity contribution in [2.24, 2.45) is 11.8 Å². The number of hydrogen-bond donors (Lipinski definition) is 6. The zero-order chi connectivity index (χ0) is 49.1. The number of aliphatic carboxylic acids is 2. The molecule has 0 bridgehead atoms. The number of piperidine rings is 2. The van der Waals surface area contributed by atoms with E-state index in [4.69, 9.17) is 38.7 Å². The summed E-state index contributed by atoms with van der Waals surface area (Å²) in [5.41, 5.74) is 5.03. The number of hydrogen-bond acceptors (Lipinski definition) is 14. The summed E-state index contributed by atoms with van der Waals surface area (Å²) in [4.78, 5) is 50.1. The molecule has 0 saturated carbocycles. The van der Waals surface area contributed by atoms with Crippen LogP contribution in [0.25, 0.3) is 44.6 Å². The zero-order valence-corrected chi connectivity index (χ0v) is 38.7. The van der Waals surface area contributed by atoms with Gasteiger partial charge in [0.15, 0.2) is 12.2 Å². The van der Waals surface area contributed by atoms with E-state index < -0.39 is 36.1 Å². The van der Waals surface area contributed by atoms with Crippen LogP contribution in [0.4, 0.5) is 0 Å². The summed E-state index contributed by atoms with van der Waals surface area (Å²) in [6, 6.07) is 25.9. The van der Waals surface area contributed by atoms with Gasteiger partial charge in [0.05, 0.1) is 13.2 Å². The van der Waals surface area contributed by atoms with E-state index in [1.54, 1.807) is 38.1 Å². The molecule has 0 amide bonds. The number of likely N-dealkylation sites (tertiary alicyclic amines) is 2. The SMILES string of the molecule is CCOC(=O)c1c(-c2ccccc2)oc2ccc(O)c(CN3CCCC(C)C3)c12.CCOC(=O)c1c(-c2ccccc2)oc2ccc(O)c(CN3CCCC(C)C3)c12.O=C(O)C(O)C(O)C(=O)O. The van der Waals surface area contributed by atoms with E-state index in [2.05, 4.69) is 23.6 Å². The first-order chi connectivity index (χ1) is 32.6. The summed E-state index contributed by atoms with van der Waals surface area (Å²) in [5.74, 6) is -1.81. The standard InChI is InChI=1S/2C24H27NO4.C4H6O6/c2*1-3-28-24(27)22-21-18(15-25-13-7-8-16(2)14-25)19(26)11-12-20(21)29-23(22)17-9-5-4-6-10-17;5-1(3(7)8)2(6)4(9)10/h2*4-6,9-12,16,26H,3,7-8,13-15H2,1-2H3;1-2,5-6H,(H,7,8)(H,9,10). The largest absolute Gasteiger partial charge is 0.508 e. The zero-order valence-electron chi connectivity index (χ0n) is 38.7. The van der Waals surface area contributed by atoms with Gasteiger partial charge in [0, 0.05) is 59.2 Å². The van der Waals surface area contributed by atoms with Crippen molar-refractivity contribution in [1.82, 2.24) is 9.80 Å². The molecule has 4 aromatic carbocycles. The van der Waals surface area contributed by atoms with Crippen LogP contribution in [0.2, 0.25) is 0 Å². The Bertz CT molecular complexity index is 2490. The van der Waals surface area contributed by atoms with Gasteiger partial charge in [-0.25, -0.2) is 19.2 Å². The third-order valence-corrected chi connectivity index (χ3v) is 12.0. The molecule has 6 aromatic rings. The molecule has 2 aromatic heterocycles. The van der Waals surface area contributed by atoms with Crippen LogP contribution < -0.4 is 0 Å². The molecule has 2 aliphatic heterocycles. The molecule has 0 spiro atoms. The summed E-state index contributed by atoms with van der Waals surface area (Å²) in [6.45, 7) is 13.7. The van der Waals surface area contributed by atoms with Crippen molar-refractivity contribution in [3.05, 3.63) is 107 Å². The van der Waals surface area contributed by atoms with Gasteiger partial charge < -0.3 is 48.9 Å². The number of esters is 2. The number of ether oxygens (including phenoxy) is 2. The molecule has 362 valence electrons. The number of rotatable bonds is 13. The van der Waals surface area contributed by atoms with Gasteiger partial charge in [0.2, 0.25) is 0 Å². The summed E-state index contributed by atoms with van der Waals surface area (Å²) in [5, 5.41) is 55.2. The first kappa shape index (κ1) is 50.7. The molecule has 16 nitrogen and oxygen atoms in total. The van der Waals surface area contributed by atoms with E-state index in [0.717, 1.165) is 61.3 Å². The number of phenols is 2. The maximum atomic E-state index is 12.9. The van der Waals surface area contributed by atoms with Crippen molar-refractivity contribution in [1.29, 1.82) is 0 Å². The monoisotopic (exact) mass is 936 g/mol. The van der Waals surface area contributed by atoms with E-state index in [1.807, 2.05) is 60.7 Å². The van der Waals surface area contributed by atoms with Crippen molar-refractivity contribution in [3.63, 3.8) is 0 Å². The van der Waals surface area contributed by atoms with Gasteiger partial charge in [0.1, 0.15) is 45.3 Å². The number of fused-ring (bicyclic) bond motifs is 2. The number of aliphatic hydroxyl groups excluding tert-OH is 2. The topological polar surface area (TPSA) is 241 Å². The summed E-state index contributed by atoms with van der Waals surface area (Å²) in [7, 11) is 0. The van der Waals surface area contributed by atoms with Gasteiger partial charge in [-0.3, -0.25) is 9.80 Å². The number of aliphatic hydroxyl groups is 2. The Hall–Kier alpha value is -6.72. The first-order valence-corrected chi connectivity index (χ1v) is 22.9. The van der Waals surface area contributed by atoms with Gasteiger partial charge in [0.25, 0.3) is 0 Å². The van der Waals surface area contributed by atoms with Crippen molar-refractivity contribution in [2.45, 2.75) is 78.7 Å². The maximum absolute atomic E-state index is 12.9. The van der Waals surface area contributed by atoms with Gasteiger partial charge >= 0.3 is 23.9 Å². The highest BCUT2D eigenvalue weighted by molar-refractivity contribution is 6.11. The molecule has 2 saturated heterocycles. The van der Waals surface area contributed by atoms with Gasteiger partial charge in [-0.1, -0.05) is 74.5 Å². The molecule has 68 heavy (non-hydrogen) atoms. The third kappa shape index (κ3) is 12.0. The van der Waals surface area contributed by atoms with E-state index in [1.165, 1.54) is 12.8 Å². The second-order valence-corrected chi connectivity index (χ2v) is 17.2. The lowest BCUT2D eigenvalue weighted by Crippen LogP contribution is -2.39. The number of carboxylic acid groups (broad SMARTS) is 2. The molecule has 0 radical (unpaired) electrons. The Morgan fingerprint density at radius 2 is 0.971 bits per heavy atom. The van der Waals surface area contributed by atoms with Crippen LogP contribution >= 0.6 is 0 Å². The van der Waals surface area contributed by atoms with Gasteiger partial charge in [-0.2, -0.15) is 0 Å². The fraction of sp³-hybridized carbons (Fsp3) is 0.385. The Morgan fingerprint density at radius 3 is 1.29 bits per heavy atom. The maximum Gasteiger partial charge on any atom is 0.342 e. The normalized spacial score (nSPS) is 17.3. The highest BCUT2D eigenvalue weighted by Crippen LogP contribution is 2.41. The number of aromatic hydroxyl groups is 2. The van der Waals surface area contributed by atoms with E-state index >= 15 is 0 Å². The van der Waals surface area contributed by atoms with Crippen LogP contribution in [0, 0.1) is 11.8 Å². The summed E-state index contributed by atoms with van der Waals surface area (Å²) < 4.78 is 23.0. The fourth-order valence-electron chi connectivity index (χ4n) is 8.78. The molecular weight excluding hydrogens is 877 g/mol. The Balaban J connectivity index is 0.000000187. The van der Waals surface area contributed by atoms with Crippen LogP contribution in [0.5, 0.6) is 11.5 Å². The van der Waals surface area contributed by atoms with E-state index in [9.17, 15) is 29.4 Å². The number of nitrogens with zero attached hydrogens (tertiary/aromatic N) is 2. The minimum Gasteiger partial charge on any atom is -0.508 e. The Morgan fingerprint density at radius 1 is 0.603 bits per heavy atom. The number of carbonyl (C=O) groups excluding carboxylic acids is 2. The smallest absolute Gasteiger partial charge is 0.342 e. The molecule has 4 atom stereocenters. The molecule has 8 rings (SSSR count). The Kier molecular flexibility index (Phi) is 17.4. The van der Waals surface area contributed by atoms with Gasteiger partial charge in [-0.05, 0) is 88.7 Å². The van der Waals surface area contributed by atoms with Crippen LogP contribution in [0.15, 0.2) is 93.8 Å². The molecule has 16 heteroatoms. The minimum atomic E-state index is -2.27. The first-order valence-electron chi connectivity index (χ1n) is 22.9. The van der Waals surface area contributed by atoms with Crippen LogP contribution in [0.3, 0.4) is 0 Å². The Labute approximate surface area is 393 Å².